The van der Waals surface area contributed by atoms with Crippen LogP contribution in [0.1, 0.15) is 158 Å². The van der Waals surface area contributed by atoms with E-state index in [-0.39, 0.29) is 5.60 Å². The van der Waals surface area contributed by atoms with Gasteiger partial charge in [-0.05, 0) is 136 Å². The highest BCUT2D eigenvalue weighted by atomic mass is 28.3. The molecule has 0 amide bonds. The second-order valence-corrected chi connectivity index (χ2v) is 24.1. The van der Waals surface area contributed by atoms with Crippen molar-refractivity contribution >= 4 is 8.07 Å². The number of hydrogen-bond acceptors (Lipinski definition) is 1. The van der Waals surface area contributed by atoms with Crippen LogP contribution in [0.15, 0.2) is 0 Å². The summed E-state index contributed by atoms with van der Waals surface area (Å²) in [7, 11) is -1.33. The Bertz CT molecular complexity index is 778. The average molecular weight is 587 g/mol. The summed E-state index contributed by atoms with van der Waals surface area (Å²) in [6, 6.07) is 0. The molecule has 2 heteroatoms. The topological polar surface area (TPSA) is 9.23 Å². The highest BCUT2D eigenvalue weighted by molar-refractivity contribution is 6.80. The van der Waals surface area contributed by atoms with Gasteiger partial charge in [0.15, 0.2) is 0 Å². The standard InChI is InChI=1S/C39H74OSi/c1-28(2)35-27-36-33(30-20-22-31(23-21-30)38(3,4)5)17-15-18-34(36)37(35)41(9,10)32-24-19-29(26-32)16-13-11-12-14-25-40-39(6,7)8/h28-37H,11-27H2,1-10H3. The molecule has 4 aliphatic rings. The number of rotatable bonds is 11. The third-order valence-electron chi connectivity index (χ3n) is 13.6. The highest BCUT2D eigenvalue weighted by Gasteiger charge is 2.57. The first-order chi connectivity index (χ1) is 19.2. The van der Waals surface area contributed by atoms with E-state index in [1.807, 2.05) is 0 Å². The van der Waals surface area contributed by atoms with E-state index in [4.69, 9.17) is 4.74 Å². The number of hydrogen-bond donors (Lipinski definition) is 0. The molecule has 41 heavy (non-hydrogen) atoms. The van der Waals surface area contributed by atoms with Crippen LogP contribution in [-0.2, 0) is 4.74 Å². The second-order valence-electron chi connectivity index (χ2n) is 18.9. The molecular weight excluding hydrogens is 513 g/mol. The summed E-state index contributed by atoms with van der Waals surface area (Å²) >= 11 is 0. The van der Waals surface area contributed by atoms with E-state index in [0.29, 0.717) is 5.41 Å². The summed E-state index contributed by atoms with van der Waals surface area (Å²) in [5.74, 6) is 8.17. The lowest BCUT2D eigenvalue weighted by Crippen LogP contribution is -2.44. The zero-order valence-corrected chi connectivity index (χ0v) is 30.7. The Labute approximate surface area is 259 Å². The van der Waals surface area contributed by atoms with Crippen LogP contribution in [0.2, 0.25) is 24.2 Å². The molecule has 0 aromatic rings. The lowest BCUT2D eigenvalue weighted by molar-refractivity contribution is -0.00476. The molecule has 7 atom stereocenters. The third kappa shape index (κ3) is 8.67. The minimum Gasteiger partial charge on any atom is -0.376 e. The minimum absolute atomic E-state index is 0.0214. The van der Waals surface area contributed by atoms with Gasteiger partial charge >= 0.3 is 0 Å². The SMILES string of the molecule is CC(C)C1CC2C(C3CCC(C(C)(C)C)CC3)CCCC2C1[Si](C)(C)C1CCC(CCCCCCOC(C)(C)C)C1. The molecule has 0 heterocycles. The van der Waals surface area contributed by atoms with E-state index in [1.54, 1.807) is 57.8 Å². The van der Waals surface area contributed by atoms with E-state index >= 15 is 0 Å². The van der Waals surface area contributed by atoms with Gasteiger partial charge in [-0.2, -0.15) is 0 Å². The maximum atomic E-state index is 5.93. The maximum Gasteiger partial charge on any atom is 0.0598 e. The van der Waals surface area contributed by atoms with Crippen LogP contribution in [0.25, 0.3) is 0 Å². The van der Waals surface area contributed by atoms with Crippen molar-refractivity contribution in [2.75, 3.05) is 6.61 Å². The first-order valence-corrected chi connectivity index (χ1v) is 22.0. The summed E-state index contributed by atoms with van der Waals surface area (Å²) in [6.45, 7) is 26.0. The smallest absolute Gasteiger partial charge is 0.0598 e. The lowest BCUT2D eigenvalue weighted by Gasteiger charge is -2.48. The lowest BCUT2D eigenvalue weighted by atomic mass is 9.61. The highest BCUT2D eigenvalue weighted by Crippen LogP contribution is 2.64. The van der Waals surface area contributed by atoms with Crippen molar-refractivity contribution in [2.24, 2.45) is 52.8 Å². The molecule has 4 rings (SSSR count). The van der Waals surface area contributed by atoms with E-state index in [1.165, 1.54) is 44.9 Å². The molecule has 0 radical (unpaired) electrons. The van der Waals surface area contributed by atoms with E-state index in [2.05, 4.69) is 68.5 Å². The molecule has 4 saturated carbocycles. The predicted molar refractivity (Wildman–Crippen MR) is 183 cm³/mol. The Hall–Kier alpha value is 0.177. The Morgan fingerprint density at radius 1 is 0.707 bits per heavy atom. The normalized spacial score (nSPS) is 37.1. The van der Waals surface area contributed by atoms with Gasteiger partial charge in [-0.1, -0.05) is 99.1 Å². The van der Waals surface area contributed by atoms with E-state index in [9.17, 15) is 0 Å². The minimum atomic E-state index is -1.33. The van der Waals surface area contributed by atoms with Crippen molar-refractivity contribution in [1.82, 2.24) is 0 Å². The molecule has 0 aromatic carbocycles. The zero-order chi connectivity index (χ0) is 30.0. The summed E-state index contributed by atoms with van der Waals surface area (Å²) in [5, 5.41) is 0. The predicted octanol–water partition coefficient (Wildman–Crippen LogP) is 12.6. The van der Waals surface area contributed by atoms with Crippen molar-refractivity contribution in [3.63, 3.8) is 0 Å². The molecular formula is C39H74OSi. The zero-order valence-electron chi connectivity index (χ0n) is 29.7. The molecule has 0 N–H and O–H groups in total. The number of unbranched alkanes of at least 4 members (excludes halogenated alkanes) is 3. The Kier molecular flexibility index (Phi) is 11.7. The van der Waals surface area contributed by atoms with Crippen molar-refractivity contribution in [2.45, 2.75) is 188 Å². The van der Waals surface area contributed by atoms with Gasteiger partial charge < -0.3 is 4.74 Å². The molecule has 7 unspecified atom stereocenters. The van der Waals surface area contributed by atoms with Crippen molar-refractivity contribution in [1.29, 1.82) is 0 Å². The van der Waals surface area contributed by atoms with Crippen LogP contribution in [0.4, 0.5) is 0 Å². The summed E-state index contributed by atoms with van der Waals surface area (Å²) in [6.07, 6.45) is 24.1. The van der Waals surface area contributed by atoms with Crippen molar-refractivity contribution in [3.05, 3.63) is 0 Å². The van der Waals surface area contributed by atoms with Crippen molar-refractivity contribution < 1.29 is 4.74 Å². The van der Waals surface area contributed by atoms with Gasteiger partial charge in [0.1, 0.15) is 0 Å². The van der Waals surface area contributed by atoms with Crippen LogP contribution in [-0.4, -0.2) is 20.3 Å². The van der Waals surface area contributed by atoms with Gasteiger partial charge in [0.25, 0.3) is 0 Å². The largest absolute Gasteiger partial charge is 0.376 e. The van der Waals surface area contributed by atoms with Crippen molar-refractivity contribution in [3.8, 4) is 0 Å². The summed E-state index contributed by atoms with van der Waals surface area (Å²) in [4.78, 5) is 0. The first-order valence-electron chi connectivity index (χ1n) is 18.8. The molecule has 0 saturated heterocycles. The average Bonchev–Trinajstić information content (AvgIpc) is 3.53. The Morgan fingerprint density at radius 3 is 2.00 bits per heavy atom. The fourth-order valence-corrected chi connectivity index (χ4v) is 16.8. The second kappa shape index (κ2) is 14.1. The van der Waals surface area contributed by atoms with Crippen LogP contribution in [0.3, 0.4) is 0 Å². The molecule has 0 bridgehead atoms. The van der Waals surface area contributed by atoms with Crippen LogP contribution in [0, 0.1) is 52.8 Å². The fraction of sp³-hybridized carbons (Fsp3) is 1.00. The molecule has 4 fully saturated rings. The third-order valence-corrected chi connectivity index (χ3v) is 18.8. The number of fused-ring (bicyclic) bond motifs is 1. The van der Waals surface area contributed by atoms with Gasteiger partial charge in [0.05, 0.1) is 13.7 Å². The maximum absolute atomic E-state index is 5.93. The molecule has 0 aliphatic heterocycles. The fourth-order valence-electron chi connectivity index (χ4n) is 11.2. The van der Waals surface area contributed by atoms with Gasteiger partial charge in [0.2, 0.25) is 0 Å². The first kappa shape index (κ1) is 34.1. The molecule has 0 spiro atoms. The van der Waals surface area contributed by atoms with Crippen LogP contribution >= 0.6 is 0 Å². The van der Waals surface area contributed by atoms with Gasteiger partial charge in [-0.15, -0.1) is 0 Å². The van der Waals surface area contributed by atoms with E-state index < -0.39 is 8.07 Å². The molecule has 0 aromatic heterocycles. The number of ether oxygens (including phenoxy) is 1. The van der Waals surface area contributed by atoms with E-state index in [0.717, 1.165) is 65.0 Å². The van der Waals surface area contributed by atoms with Gasteiger partial charge in [0, 0.05) is 6.61 Å². The quantitative estimate of drug-likeness (QED) is 0.173. The molecule has 4 aliphatic carbocycles. The van der Waals surface area contributed by atoms with Gasteiger partial charge in [-0.25, -0.2) is 0 Å². The molecule has 1 nitrogen and oxygen atoms in total. The summed E-state index contributed by atoms with van der Waals surface area (Å²) < 4.78 is 5.93. The Balaban J connectivity index is 1.32. The Morgan fingerprint density at radius 2 is 1.37 bits per heavy atom. The monoisotopic (exact) mass is 587 g/mol. The van der Waals surface area contributed by atoms with Gasteiger partial charge in [-0.3, -0.25) is 0 Å². The molecule has 240 valence electrons. The van der Waals surface area contributed by atoms with Crippen LogP contribution < -0.4 is 0 Å². The van der Waals surface area contributed by atoms with Crippen LogP contribution in [0.5, 0.6) is 0 Å². The summed E-state index contributed by atoms with van der Waals surface area (Å²) in [5.41, 5.74) is 2.73.